The third-order valence-corrected chi connectivity index (χ3v) is 5.27. The third-order valence-electron chi connectivity index (χ3n) is 3.81. The van der Waals surface area contributed by atoms with Crippen LogP contribution in [-0.2, 0) is 6.42 Å². The Balaban J connectivity index is 1.93. The average Bonchev–Trinajstić information content (AvgIpc) is 2.36. The average molecular weight is 277 g/mol. The highest BCUT2D eigenvalue weighted by molar-refractivity contribution is 8.00. The zero-order chi connectivity index (χ0) is 13.9. The summed E-state index contributed by atoms with van der Waals surface area (Å²) in [6.45, 7) is 6.79. The van der Waals surface area contributed by atoms with Gasteiger partial charge < -0.3 is 5.73 Å². The summed E-state index contributed by atoms with van der Waals surface area (Å²) in [5, 5.41) is 0. The molecule has 2 heteroatoms. The maximum atomic E-state index is 6.35. The SMILES string of the molecule is CC(C)(C)SCC(N)CC1CCCc2ccccc21. The van der Waals surface area contributed by atoms with Gasteiger partial charge in [-0.25, -0.2) is 0 Å². The first-order chi connectivity index (χ1) is 8.96. The van der Waals surface area contributed by atoms with Gasteiger partial charge in [0.15, 0.2) is 0 Å². The molecule has 0 aliphatic heterocycles. The van der Waals surface area contributed by atoms with Crippen molar-refractivity contribution in [3.05, 3.63) is 35.4 Å². The van der Waals surface area contributed by atoms with Crippen LogP contribution in [0.5, 0.6) is 0 Å². The van der Waals surface area contributed by atoms with Crippen molar-refractivity contribution in [2.45, 2.75) is 63.2 Å². The molecular formula is C17H27NS. The van der Waals surface area contributed by atoms with E-state index in [9.17, 15) is 0 Å². The van der Waals surface area contributed by atoms with Crippen LogP contribution in [0.3, 0.4) is 0 Å². The predicted octanol–water partition coefficient (Wildman–Crippen LogP) is 4.36. The highest BCUT2D eigenvalue weighted by Gasteiger charge is 2.22. The molecule has 0 fully saturated rings. The molecule has 0 spiro atoms. The lowest BCUT2D eigenvalue weighted by molar-refractivity contribution is 0.485. The van der Waals surface area contributed by atoms with E-state index in [1.165, 1.54) is 19.3 Å². The number of nitrogens with two attached hydrogens (primary N) is 1. The van der Waals surface area contributed by atoms with E-state index in [1.807, 2.05) is 11.8 Å². The van der Waals surface area contributed by atoms with Gasteiger partial charge in [0.25, 0.3) is 0 Å². The Hall–Kier alpha value is -0.470. The van der Waals surface area contributed by atoms with Crippen molar-refractivity contribution >= 4 is 11.8 Å². The van der Waals surface area contributed by atoms with Gasteiger partial charge >= 0.3 is 0 Å². The molecule has 1 aliphatic rings. The molecule has 1 aliphatic carbocycles. The second-order valence-corrected chi connectivity index (χ2v) is 8.55. The molecule has 19 heavy (non-hydrogen) atoms. The number of hydrogen-bond acceptors (Lipinski definition) is 2. The molecule has 1 aromatic rings. The Morgan fingerprint density at radius 2 is 2.05 bits per heavy atom. The predicted molar refractivity (Wildman–Crippen MR) is 86.9 cm³/mol. The zero-order valence-corrected chi connectivity index (χ0v) is 13.3. The first kappa shape index (κ1) is 14.9. The highest BCUT2D eigenvalue weighted by Crippen LogP contribution is 2.35. The summed E-state index contributed by atoms with van der Waals surface area (Å²) >= 11 is 1.99. The smallest absolute Gasteiger partial charge is 0.0136 e. The first-order valence-corrected chi connectivity index (χ1v) is 8.41. The van der Waals surface area contributed by atoms with E-state index in [4.69, 9.17) is 5.73 Å². The number of fused-ring (bicyclic) bond motifs is 1. The number of hydrogen-bond donors (Lipinski definition) is 1. The zero-order valence-electron chi connectivity index (χ0n) is 12.5. The molecule has 1 nitrogen and oxygen atoms in total. The van der Waals surface area contributed by atoms with Gasteiger partial charge in [0.2, 0.25) is 0 Å². The van der Waals surface area contributed by atoms with Gasteiger partial charge in [-0.15, -0.1) is 0 Å². The maximum absolute atomic E-state index is 6.35. The fourth-order valence-electron chi connectivity index (χ4n) is 2.89. The molecule has 0 aromatic heterocycles. The van der Waals surface area contributed by atoms with Crippen LogP contribution in [-0.4, -0.2) is 16.5 Å². The van der Waals surface area contributed by atoms with Crippen molar-refractivity contribution in [1.29, 1.82) is 0 Å². The lowest BCUT2D eigenvalue weighted by Crippen LogP contribution is -2.28. The van der Waals surface area contributed by atoms with Crippen molar-refractivity contribution in [3.8, 4) is 0 Å². The normalized spacial score (nSPS) is 20.9. The van der Waals surface area contributed by atoms with Gasteiger partial charge in [-0.05, 0) is 42.7 Å². The lowest BCUT2D eigenvalue weighted by Gasteiger charge is -2.28. The van der Waals surface area contributed by atoms with Crippen molar-refractivity contribution in [3.63, 3.8) is 0 Å². The molecule has 2 atom stereocenters. The number of aryl methyl sites for hydroxylation is 1. The van der Waals surface area contributed by atoms with Gasteiger partial charge in [0.05, 0.1) is 0 Å². The Labute approximate surface area is 122 Å². The largest absolute Gasteiger partial charge is 0.327 e. The molecule has 2 unspecified atom stereocenters. The Morgan fingerprint density at radius 3 is 2.79 bits per heavy atom. The Kier molecular flexibility index (Phi) is 4.97. The van der Waals surface area contributed by atoms with Crippen LogP contribution in [0.1, 0.15) is 57.1 Å². The van der Waals surface area contributed by atoms with Gasteiger partial charge in [0.1, 0.15) is 0 Å². The fraction of sp³-hybridized carbons (Fsp3) is 0.647. The quantitative estimate of drug-likeness (QED) is 0.885. The van der Waals surface area contributed by atoms with Crippen LogP contribution in [0.15, 0.2) is 24.3 Å². The molecule has 106 valence electrons. The standard InChI is InChI=1S/C17H27NS/c1-17(2,3)19-12-15(18)11-14-9-6-8-13-7-4-5-10-16(13)14/h4-5,7,10,14-15H,6,8-9,11-12,18H2,1-3H3. The molecule has 0 amide bonds. The molecule has 0 saturated heterocycles. The van der Waals surface area contributed by atoms with Crippen LogP contribution in [0.25, 0.3) is 0 Å². The fourth-order valence-corrected chi connectivity index (χ4v) is 3.74. The molecule has 0 radical (unpaired) electrons. The summed E-state index contributed by atoms with van der Waals surface area (Å²) in [5.74, 6) is 1.75. The van der Waals surface area contributed by atoms with E-state index in [0.717, 1.165) is 12.2 Å². The minimum absolute atomic E-state index is 0.320. The number of benzene rings is 1. The van der Waals surface area contributed by atoms with Crippen molar-refractivity contribution in [1.82, 2.24) is 0 Å². The van der Waals surface area contributed by atoms with Crippen molar-refractivity contribution < 1.29 is 0 Å². The van der Waals surface area contributed by atoms with E-state index < -0.39 is 0 Å². The Bertz CT molecular complexity index is 408. The molecule has 0 bridgehead atoms. The van der Waals surface area contributed by atoms with E-state index in [0.29, 0.717) is 16.7 Å². The van der Waals surface area contributed by atoms with Crippen LogP contribution >= 0.6 is 11.8 Å². The van der Waals surface area contributed by atoms with E-state index in [1.54, 1.807) is 11.1 Å². The second-order valence-electron chi connectivity index (χ2n) is 6.71. The third kappa shape index (κ3) is 4.54. The van der Waals surface area contributed by atoms with Crippen LogP contribution < -0.4 is 5.73 Å². The monoisotopic (exact) mass is 277 g/mol. The Morgan fingerprint density at radius 1 is 1.32 bits per heavy atom. The number of rotatable bonds is 4. The van der Waals surface area contributed by atoms with Gasteiger partial charge in [-0.2, -0.15) is 11.8 Å². The number of thioether (sulfide) groups is 1. The van der Waals surface area contributed by atoms with E-state index in [2.05, 4.69) is 45.0 Å². The molecular weight excluding hydrogens is 250 g/mol. The summed E-state index contributed by atoms with van der Waals surface area (Å²) in [4.78, 5) is 0. The van der Waals surface area contributed by atoms with Crippen molar-refractivity contribution in [2.24, 2.45) is 5.73 Å². The van der Waals surface area contributed by atoms with E-state index in [-0.39, 0.29) is 0 Å². The molecule has 2 rings (SSSR count). The van der Waals surface area contributed by atoms with Crippen LogP contribution in [0.2, 0.25) is 0 Å². The molecule has 0 heterocycles. The van der Waals surface area contributed by atoms with Gasteiger partial charge in [-0.3, -0.25) is 0 Å². The topological polar surface area (TPSA) is 26.0 Å². The minimum atomic E-state index is 0.320. The van der Waals surface area contributed by atoms with Crippen LogP contribution in [0.4, 0.5) is 0 Å². The van der Waals surface area contributed by atoms with E-state index >= 15 is 0 Å². The summed E-state index contributed by atoms with van der Waals surface area (Å²) in [5.41, 5.74) is 9.46. The summed E-state index contributed by atoms with van der Waals surface area (Å²) in [6, 6.07) is 9.25. The molecule has 0 saturated carbocycles. The summed E-state index contributed by atoms with van der Waals surface area (Å²) in [6.07, 6.45) is 5.02. The lowest BCUT2D eigenvalue weighted by atomic mass is 9.80. The van der Waals surface area contributed by atoms with Gasteiger partial charge in [0, 0.05) is 16.5 Å². The van der Waals surface area contributed by atoms with Crippen molar-refractivity contribution in [2.75, 3.05) is 5.75 Å². The summed E-state index contributed by atoms with van der Waals surface area (Å²) in [7, 11) is 0. The minimum Gasteiger partial charge on any atom is -0.327 e. The van der Waals surface area contributed by atoms with Gasteiger partial charge in [-0.1, -0.05) is 45.0 Å². The maximum Gasteiger partial charge on any atom is 0.0136 e. The highest BCUT2D eigenvalue weighted by atomic mass is 32.2. The molecule has 1 aromatic carbocycles. The van der Waals surface area contributed by atoms with Crippen LogP contribution in [0, 0.1) is 0 Å². The molecule has 2 N–H and O–H groups in total. The second kappa shape index (κ2) is 6.32. The summed E-state index contributed by atoms with van der Waals surface area (Å²) < 4.78 is 0.322. The first-order valence-electron chi connectivity index (χ1n) is 7.43.